The van der Waals surface area contributed by atoms with E-state index < -0.39 is 5.97 Å². The Balaban J connectivity index is 2.37. The Hall–Kier alpha value is -1.91. The molecule has 0 spiro atoms. The fourth-order valence-corrected chi connectivity index (χ4v) is 2.08. The van der Waals surface area contributed by atoms with E-state index in [2.05, 4.69) is 24.1 Å². The summed E-state index contributed by atoms with van der Waals surface area (Å²) in [4.78, 5) is 26.4. The molecule has 0 saturated heterocycles. The van der Waals surface area contributed by atoms with E-state index in [1.165, 1.54) is 0 Å². The van der Waals surface area contributed by atoms with Crippen LogP contribution in [0.15, 0.2) is 24.4 Å². The summed E-state index contributed by atoms with van der Waals surface area (Å²) >= 11 is 0. The van der Waals surface area contributed by atoms with Gasteiger partial charge in [0.1, 0.15) is 5.69 Å². The van der Waals surface area contributed by atoms with Gasteiger partial charge in [0.15, 0.2) is 0 Å². The van der Waals surface area contributed by atoms with Crippen molar-refractivity contribution in [2.45, 2.75) is 33.1 Å². The molecule has 0 aromatic carbocycles. The van der Waals surface area contributed by atoms with Gasteiger partial charge in [-0.1, -0.05) is 19.9 Å². The molecular weight excluding hydrogens is 256 g/mol. The highest BCUT2D eigenvalue weighted by atomic mass is 16.4. The molecule has 0 radical (unpaired) electrons. The van der Waals surface area contributed by atoms with Crippen LogP contribution in [0.1, 0.15) is 43.6 Å². The molecule has 1 aromatic heterocycles. The lowest BCUT2D eigenvalue weighted by Crippen LogP contribution is -2.27. The zero-order valence-electron chi connectivity index (χ0n) is 12.0. The van der Waals surface area contributed by atoms with Crippen LogP contribution in [0.5, 0.6) is 0 Å². The molecule has 1 rings (SSSR count). The van der Waals surface area contributed by atoms with Crippen molar-refractivity contribution in [3.8, 4) is 0 Å². The highest BCUT2D eigenvalue weighted by molar-refractivity contribution is 5.92. The van der Waals surface area contributed by atoms with Crippen LogP contribution >= 0.6 is 0 Å². The second-order valence-corrected chi connectivity index (χ2v) is 5.20. The van der Waals surface area contributed by atoms with Crippen molar-refractivity contribution in [3.05, 3.63) is 30.1 Å². The number of amides is 1. The van der Waals surface area contributed by atoms with Gasteiger partial charge in [0.05, 0.1) is 0 Å². The molecule has 0 bridgehead atoms. The van der Waals surface area contributed by atoms with Crippen molar-refractivity contribution in [2.24, 2.45) is 11.8 Å². The van der Waals surface area contributed by atoms with Crippen LogP contribution in [0.2, 0.25) is 0 Å². The smallest absolute Gasteiger partial charge is 0.303 e. The van der Waals surface area contributed by atoms with E-state index >= 15 is 0 Å². The summed E-state index contributed by atoms with van der Waals surface area (Å²) in [6.45, 7) is 4.69. The minimum Gasteiger partial charge on any atom is -0.481 e. The van der Waals surface area contributed by atoms with Crippen LogP contribution in [-0.2, 0) is 4.79 Å². The average molecular weight is 278 g/mol. The number of rotatable bonds is 8. The summed E-state index contributed by atoms with van der Waals surface area (Å²) in [5.74, 6) is -0.254. The highest BCUT2D eigenvalue weighted by Gasteiger charge is 2.15. The van der Waals surface area contributed by atoms with Gasteiger partial charge in [-0.05, 0) is 36.8 Å². The third-order valence-electron chi connectivity index (χ3n) is 3.37. The number of carbonyl (C=O) groups excluding carboxylic acids is 1. The maximum atomic E-state index is 11.8. The molecule has 0 aliphatic carbocycles. The Bertz CT molecular complexity index is 432. The Labute approximate surface area is 119 Å². The molecule has 5 heteroatoms. The molecule has 1 unspecified atom stereocenters. The molecule has 0 fully saturated rings. The highest BCUT2D eigenvalue weighted by Crippen LogP contribution is 2.20. The molecule has 1 atom stereocenters. The van der Waals surface area contributed by atoms with Crippen molar-refractivity contribution >= 4 is 11.9 Å². The number of carboxylic acid groups (broad SMARTS) is 1. The maximum Gasteiger partial charge on any atom is 0.303 e. The van der Waals surface area contributed by atoms with Crippen LogP contribution in [-0.4, -0.2) is 28.5 Å². The summed E-state index contributed by atoms with van der Waals surface area (Å²) in [5, 5.41) is 11.6. The van der Waals surface area contributed by atoms with Crippen LogP contribution < -0.4 is 5.32 Å². The molecular formula is C15H22N2O3. The van der Waals surface area contributed by atoms with Crippen molar-refractivity contribution in [1.82, 2.24) is 10.3 Å². The largest absolute Gasteiger partial charge is 0.481 e. The number of pyridine rings is 1. The van der Waals surface area contributed by atoms with Crippen molar-refractivity contribution in [2.75, 3.05) is 6.54 Å². The number of carboxylic acids is 1. The Kier molecular flexibility index (Phi) is 6.70. The fraction of sp³-hybridized carbons (Fsp3) is 0.533. The molecule has 110 valence electrons. The molecule has 1 aromatic rings. The van der Waals surface area contributed by atoms with E-state index in [9.17, 15) is 9.59 Å². The van der Waals surface area contributed by atoms with Crippen LogP contribution in [0.3, 0.4) is 0 Å². The Morgan fingerprint density at radius 3 is 2.60 bits per heavy atom. The standard InChI is InChI=1S/C15H22N2O3/c1-11(2)12(6-7-14(18)19)8-10-17-15(20)13-5-3-4-9-16-13/h3-5,9,11-12H,6-8,10H2,1-2H3,(H,17,20)(H,18,19). The van der Waals surface area contributed by atoms with Crippen molar-refractivity contribution < 1.29 is 14.7 Å². The molecule has 20 heavy (non-hydrogen) atoms. The third kappa shape index (κ3) is 5.82. The molecule has 0 aliphatic heterocycles. The normalized spacial score (nSPS) is 12.2. The van der Waals surface area contributed by atoms with Gasteiger partial charge in [-0.2, -0.15) is 0 Å². The quantitative estimate of drug-likeness (QED) is 0.765. The second kappa shape index (κ2) is 8.30. The van der Waals surface area contributed by atoms with E-state index in [4.69, 9.17) is 5.11 Å². The Morgan fingerprint density at radius 2 is 2.05 bits per heavy atom. The van der Waals surface area contributed by atoms with Crippen LogP contribution in [0.25, 0.3) is 0 Å². The SMILES string of the molecule is CC(C)C(CCNC(=O)c1ccccn1)CCC(=O)O. The lowest BCUT2D eigenvalue weighted by Gasteiger charge is -2.20. The molecule has 0 saturated carbocycles. The number of aromatic nitrogens is 1. The van der Waals surface area contributed by atoms with E-state index in [-0.39, 0.29) is 12.3 Å². The minimum absolute atomic E-state index is 0.178. The monoisotopic (exact) mass is 278 g/mol. The predicted octanol–water partition coefficient (Wildman–Crippen LogP) is 2.34. The minimum atomic E-state index is -0.770. The molecule has 2 N–H and O–H groups in total. The summed E-state index contributed by atoms with van der Waals surface area (Å²) in [7, 11) is 0. The summed E-state index contributed by atoms with van der Waals surface area (Å²) in [6, 6.07) is 5.20. The van der Waals surface area contributed by atoms with Gasteiger partial charge in [0.2, 0.25) is 0 Å². The zero-order valence-corrected chi connectivity index (χ0v) is 12.0. The summed E-state index contributed by atoms with van der Waals surface area (Å²) in [6.07, 6.45) is 3.19. The van der Waals surface area contributed by atoms with E-state index in [1.54, 1.807) is 24.4 Å². The van der Waals surface area contributed by atoms with Crippen LogP contribution in [0.4, 0.5) is 0 Å². The second-order valence-electron chi connectivity index (χ2n) is 5.20. The van der Waals surface area contributed by atoms with Crippen LogP contribution in [0, 0.1) is 11.8 Å². The fourth-order valence-electron chi connectivity index (χ4n) is 2.08. The first-order chi connectivity index (χ1) is 9.50. The van der Waals surface area contributed by atoms with Gasteiger partial charge in [0.25, 0.3) is 5.91 Å². The molecule has 1 heterocycles. The van der Waals surface area contributed by atoms with E-state index in [1.807, 2.05) is 0 Å². The number of aliphatic carboxylic acids is 1. The number of nitrogens with one attached hydrogen (secondary N) is 1. The summed E-state index contributed by atoms with van der Waals surface area (Å²) < 4.78 is 0. The van der Waals surface area contributed by atoms with E-state index in [0.717, 1.165) is 6.42 Å². The number of carbonyl (C=O) groups is 2. The lowest BCUT2D eigenvalue weighted by molar-refractivity contribution is -0.137. The number of nitrogens with zero attached hydrogens (tertiary/aromatic N) is 1. The third-order valence-corrected chi connectivity index (χ3v) is 3.37. The number of hydrogen-bond acceptors (Lipinski definition) is 3. The molecule has 5 nitrogen and oxygen atoms in total. The first-order valence-electron chi connectivity index (χ1n) is 6.91. The van der Waals surface area contributed by atoms with E-state index in [0.29, 0.717) is 30.5 Å². The predicted molar refractivity (Wildman–Crippen MR) is 76.4 cm³/mol. The summed E-state index contributed by atoms with van der Waals surface area (Å²) in [5.41, 5.74) is 0.402. The molecule has 0 aliphatic rings. The first-order valence-corrected chi connectivity index (χ1v) is 6.91. The molecule has 1 amide bonds. The van der Waals surface area contributed by atoms with Crippen molar-refractivity contribution in [3.63, 3.8) is 0 Å². The Morgan fingerprint density at radius 1 is 1.30 bits per heavy atom. The maximum absolute atomic E-state index is 11.8. The number of hydrogen-bond donors (Lipinski definition) is 2. The zero-order chi connectivity index (χ0) is 15.0. The van der Waals surface area contributed by atoms with Gasteiger partial charge in [-0.15, -0.1) is 0 Å². The van der Waals surface area contributed by atoms with Gasteiger partial charge >= 0.3 is 5.97 Å². The van der Waals surface area contributed by atoms with Gasteiger partial charge < -0.3 is 10.4 Å². The van der Waals surface area contributed by atoms with Gasteiger partial charge in [0, 0.05) is 19.2 Å². The first kappa shape index (κ1) is 16.1. The average Bonchev–Trinajstić information content (AvgIpc) is 2.42. The van der Waals surface area contributed by atoms with Gasteiger partial charge in [-0.3, -0.25) is 14.6 Å². The van der Waals surface area contributed by atoms with Gasteiger partial charge in [-0.25, -0.2) is 0 Å². The van der Waals surface area contributed by atoms with Crippen molar-refractivity contribution in [1.29, 1.82) is 0 Å². The lowest BCUT2D eigenvalue weighted by atomic mass is 9.88. The topological polar surface area (TPSA) is 79.3 Å².